The summed E-state index contributed by atoms with van der Waals surface area (Å²) in [6, 6.07) is 21.3. The lowest BCUT2D eigenvalue weighted by Gasteiger charge is -2.05. The van der Waals surface area contributed by atoms with Crippen LogP contribution in [0.15, 0.2) is 60.7 Å². The summed E-state index contributed by atoms with van der Waals surface area (Å²) in [6.45, 7) is 0. The highest BCUT2D eigenvalue weighted by Crippen LogP contribution is 2.32. The standard InChI is InChI=1S/C16H10NO2/c18-17(19)16-11-14(12-6-2-1-3-7-12)10-13-8-4-5-9-15(13)16/h2-11H. The molecule has 91 valence electrons. The molecule has 0 saturated carbocycles. The van der Waals surface area contributed by atoms with Gasteiger partial charge >= 0.3 is 0 Å². The highest BCUT2D eigenvalue weighted by Gasteiger charge is 2.13. The van der Waals surface area contributed by atoms with E-state index in [1.54, 1.807) is 24.3 Å². The maximum atomic E-state index is 11.2. The van der Waals surface area contributed by atoms with Gasteiger partial charge in [-0.2, -0.15) is 0 Å². The molecule has 1 radical (unpaired) electrons. The second-order valence-electron chi connectivity index (χ2n) is 4.26. The number of nitro benzene ring substituents is 1. The van der Waals surface area contributed by atoms with Gasteiger partial charge in [0.1, 0.15) is 0 Å². The Morgan fingerprint density at radius 3 is 2.42 bits per heavy atom. The van der Waals surface area contributed by atoms with Crippen LogP contribution in [-0.2, 0) is 0 Å². The average molecular weight is 248 g/mol. The molecule has 0 bridgehead atoms. The summed E-state index contributed by atoms with van der Waals surface area (Å²) in [5, 5.41) is 12.7. The maximum absolute atomic E-state index is 11.2. The number of hydrogen-bond acceptors (Lipinski definition) is 2. The Bertz CT molecular complexity index is 751. The Morgan fingerprint density at radius 2 is 1.68 bits per heavy atom. The summed E-state index contributed by atoms with van der Waals surface area (Å²) in [6.07, 6.45) is 0. The van der Waals surface area contributed by atoms with E-state index < -0.39 is 0 Å². The Labute approximate surface area is 110 Å². The fourth-order valence-electron chi connectivity index (χ4n) is 2.19. The zero-order valence-electron chi connectivity index (χ0n) is 10.0. The van der Waals surface area contributed by atoms with Crippen molar-refractivity contribution in [1.29, 1.82) is 0 Å². The van der Waals surface area contributed by atoms with Crippen molar-refractivity contribution >= 4 is 16.5 Å². The number of nitro groups is 1. The Balaban J connectivity index is 2.31. The van der Waals surface area contributed by atoms with Crippen molar-refractivity contribution in [3.05, 3.63) is 76.8 Å². The smallest absolute Gasteiger partial charge is 0.258 e. The van der Waals surface area contributed by atoms with Crippen LogP contribution in [-0.4, -0.2) is 4.92 Å². The van der Waals surface area contributed by atoms with Crippen LogP contribution >= 0.6 is 0 Å². The van der Waals surface area contributed by atoms with E-state index in [1.165, 1.54) is 0 Å². The molecular weight excluding hydrogens is 238 g/mol. The molecule has 0 spiro atoms. The van der Waals surface area contributed by atoms with Gasteiger partial charge in [-0.25, -0.2) is 0 Å². The Hall–Kier alpha value is -2.68. The fourth-order valence-corrected chi connectivity index (χ4v) is 2.19. The first-order valence-corrected chi connectivity index (χ1v) is 5.89. The van der Waals surface area contributed by atoms with Gasteiger partial charge in [-0.15, -0.1) is 0 Å². The largest absolute Gasteiger partial charge is 0.277 e. The van der Waals surface area contributed by atoms with Gasteiger partial charge in [-0.3, -0.25) is 10.1 Å². The average Bonchev–Trinajstić information content (AvgIpc) is 2.47. The number of rotatable bonds is 2. The second kappa shape index (κ2) is 4.53. The SMILES string of the molecule is O=[N+]([O-])c1cc(-c2cc[c]cc2)cc2ccccc12. The molecule has 0 heterocycles. The second-order valence-corrected chi connectivity index (χ2v) is 4.26. The topological polar surface area (TPSA) is 43.1 Å². The van der Waals surface area contributed by atoms with Crippen molar-refractivity contribution in [2.24, 2.45) is 0 Å². The lowest BCUT2D eigenvalue weighted by molar-refractivity contribution is -0.383. The van der Waals surface area contributed by atoms with Crippen LogP contribution in [0.4, 0.5) is 5.69 Å². The van der Waals surface area contributed by atoms with Crippen LogP contribution in [0.1, 0.15) is 0 Å². The minimum Gasteiger partial charge on any atom is -0.258 e. The zero-order valence-corrected chi connectivity index (χ0v) is 10.0. The third-order valence-corrected chi connectivity index (χ3v) is 3.09. The highest BCUT2D eigenvalue weighted by molar-refractivity contribution is 5.94. The molecule has 0 fully saturated rings. The van der Waals surface area contributed by atoms with E-state index in [1.807, 2.05) is 36.4 Å². The summed E-state index contributed by atoms with van der Waals surface area (Å²) in [4.78, 5) is 10.9. The molecule has 3 aromatic rings. The van der Waals surface area contributed by atoms with Gasteiger partial charge in [-0.1, -0.05) is 42.5 Å². The minimum atomic E-state index is -0.332. The summed E-state index contributed by atoms with van der Waals surface area (Å²) in [5.41, 5.74) is 1.94. The summed E-state index contributed by atoms with van der Waals surface area (Å²) < 4.78 is 0. The van der Waals surface area contributed by atoms with Crippen LogP contribution < -0.4 is 0 Å². The molecule has 3 nitrogen and oxygen atoms in total. The van der Waals surface area contributed by atoms with Crippen molar-refractivity contribution in [3.63, 3.8) is 0 Å². The van der Waals surface area contributed by atoms with E-state index >= 15 is 0 Å². The minimum absolute atomic E-state index is 0.140. The number of nitrogens with zero attached hydrogens (tertiary/aromatic N) is 1. The van der Waals surface area contributed by atoms with E-state index in [9.17, 15) is 10.1 Å². The fraction of sp³-hybridized carbons (Fsp3) is 0. The molecular formula is C16H10NO2. The molecule has 0 saturated heterocycles. The van der Waals surface area contributed by atoms with Crippen molar-refractivity contribution < 1.29 is 4.92 Å². The monoisotopic (exact) mass is 248 g/mol. The molecule has 0 atom stereocenters. The van der Waals surface area contributed by atoms with Crippen LogP contribution in [0.25, 0.3) is 21.9 Å². The summed E-state index contributed by atoms with van der Waals surface area (Å²) in [7, 11) is 0. The molecule has 0 aromatic heterocycles. The lowest BCUT2D eigenvalue weighted by Crippen LogP contribution is -1.91. The van der Waals surface area contributed by atoms with Gasteiger partial charge in [0.05, 0.1) is 10.3 Å². The van der Waals surface area contributed by atoms with E-state index in [4.69, 9.17) is 0 Å². The molecule has 3 heteroatoms. The summed E-state index contributed by atoms with van der Waals surface area (Å²) in [5.74, 6) is 0. The predicted molar refractivity (Wildman–Crippen MR) is 74.9 cm³/mol. The Kier molecular flexibility index (Phi) is 2.72. The highest BCUT2D eigenvalue weighted by atomic mass is 16.6. The molecule has 0 unspecified atom stereocenters. The molecule has 0 N–H and O–H groups in total. The van der Waals surface area contributed by atoms with Crippen molar-refractivity contribution in [2.45, 2.75) is 0 Å². The first kappa shape index (κ1) is 11.4. The van der Waals surface area contributed by atoms with Crippen LogP contribution in [0, 0.1) is 16.2 Å². The zero-order chi connectivity index (χ0) is 13.2. The normalized spacial score (nSPS) is 10.5. The van der Waals surface area contributed by atoms with Gasteiger partial charge in [0.2, 0.25) is 0 Å². The van der Waals surface area contributed by atoms with E-state index in [0.717, 1.165) is 16.5 Å². The van der Waals surface area contributed by atoms with Crippen molar-refractivity contribution in [1.82, 2.24) is 0 Å². The first-order chi connectivity index (χ1) is 9.25. The molecule has 3 aromatic carbocycles. The third-order valence-electron chi connectivity index (χ3n) is 3.09. The van der Waals surface area contributed by atoms with Crippen molar-refractivity contribution in [2.75, 3.05) is 0 Å². The predicted octanol–water partition coefficient (Wildman–Crippen LogP) is 4.22. The number of benzene rings is 3. The third kappa shape index (κ3) is 2.06. The van der Waals surface area contributed by atoms with Gasteiger partial charge in [-0.05, 0) is 34.7 Å². The van der Waals surface area contributed by atoms with Gasteiger partial charge in [0.15, 0.2) is 0 Å². The summed E-state index contributed by atoms with van der Waals surface area (Å²) >= 11 is 0. The van der Waals surface area contributed by atoms with Gasteiger partial charge in [0, 0.05) is 6.07 Å². The van der Waals surface area contributed by atoms with E-state index in [2.05, 4.69) is 6.07 Å². The Morgan fingerprint density at radius 1 is 0.947 bits per heavy atom. The van der Waals surface area contributed by atoms with Crippen molar-refractivity contribution in [3.8, 4) is 11.1 Å². The van der Waals surface area contributed by atoms with Crippen LogP contribution in [0.3, 0.4) is 0 Å². The van der Waals surface area contributed by atoms with Gasteiger partial charge < -0.3 is 0 Å². The molecule has 19 heavy (non-hydrogen) atoms. The van der Waals surface area contributed by atoms with Gasteiger partial charge in [0.25, 0.3) is 5.69 Å². The molecule has 0 aliphatic heterocycles. The lowest BCUT2D eigenvalue weighted by atomic mass is 10.00. The van der Waals surface area contributed by atoms with Crippen LogP contribution in [0.5, 0.6) is 0 Å². The molecule has 0 aliphatic carbocycles. The quantitative estimate of drug-likeness (QED) is 0.503. The van der Waals surface area contributed by atoms with Crippen LogP contribution in [0.2, 0.25) is 0 Å². The number of non-ortho nitro benzene ring substituents is 1. The maximum Gasteiger partial charge on any atom is 0.277 e. The van der Waals surface area contributed by atoms with E-state index in [0.29, 0.717) is 5.39 Å². The molecule has 0 aliphatic rings. The molecule has 0 amide bonds. The number of hydrogen-bond donors (Lipinski definition) is 0. The van der Waals surface area contributed by atoms with E-state index in [-0.39, 0.29) is 10.6 Å². The number of fused-ring (bicyclic) bond motifs is 1. The first-order valence-electron chi connectivity index (χ1n) is 5.89. The molecule has 3 rings (SSSR count).